The van der Waals surface area contributed by atoms with Crippen molar-refractivity contribution in [2.75, 3.05) is 0 Å². The zero-order valence-electron chi connectivity index (χ0n) is 11.4. The van der Waals surface area contributed by atoms with Gasteiger partial charge in [0.05, 0.1) is 28.3 Å². The van der Waals surface area contributed by atoms with Gasteiger partial charge in [-0.3, -0.25) is 9.48 Å². The molecule has 0 spiro atoms. The molecule has 5 heteroatoms. The Bertz CT molecular complexity index is 415. The second-order valence-electron chi connectivity index (χ2n) is 4.55. The molecule has 0 radical (unpaired) electrons. The summed E-state index contributed by atoms with van der Waals surface area (Å²) in [5.74, 6) is 0.0961. The molecule has 1 rings (SSSR count). The summed E-state index contributed by atoms with van der Waals surface area (Å²) in [7, 11) is 0. The molecule has 0 aliphatic heterocycles. The number of unbranched alkanes of at least 4 members (excludes halogenated alkanes) is 1. The Balaban J connectivity index is 2.75. The summed E-state index contributed by atoms with van der Waals surface area (Å²) in [5.41, 5.74) is 7.76. The van der Waals surface area contributed by atoms with Gasteiger partial charge in [0.2, 0.25) is 0 Å². The molecule has 0 amide bonds. The molecule has 0 fully saturated rings. The van der Waals surface area contributed by atoms with Crippen LogP contribution in [0.4, 0.5) is 0 Å². The predicted octanol–water partition coefficient (Wildman–Crippen LogP) is 2.60. The Hall–Kier alpha value is -0.680. The van der Waals surface area contributed by atoms with Gasteiger partial charge >= 0.3 is 0 Å². The van der Waals surface area contributed by atoms with E-state index >= 15 is 0 Å². The van der Waals surface area contributed by atoms with Crippen molar-refractivity contribution in [1.82, 2.24) is 9.78 Å². The van der Waals surface area contributed by atoms with Crippen LogP contribution in [0.2, 0.25) is 0 Å². The number of nitrogens with zero attached hydrogens (tertiary/aromatic N) is 2. The summed E-state index contributed by atoms with van der Waals surface area (Å²) in [5, 5.41) is 4.38. The van der Waals surface area contributed by atoms with Crippen LogP contribution in [0.25, 0.3) is 0 Å². The zero-order valence-corrected chi connectivity index (χ0v) is 13.0. The van der Waals surface area contributed by atoms with Gasteiger partial charge in [0, 0.05) is 6.54 Å². The Kier molecular flexibility index (Phi) is 6.02. The van der Waals surface area contributed by atoms with E-state index in [0.717, 1.165) is 41.7 Å². The molecule has 1 atom stereocenters. The molecule has 4 nitrogen and oxygen atoms in total. The highest BCUT2D eigenvalue weighted by molar-refractivity contribution is 9.10. The van der Waals surface area contributed by atoms with E-state index in [0.29, 0.717) is 6.42 Å². The van der Waals surface area contributed by atoms with Crippen molar-refractivity contribution < 1.29 is 4.79 Å². The van der Waals surface area contributed by atoms with Gasteiger partial charge in [-0.1, -0.05) is 19.8 Å². The number of rotatable bonds is 7. The Morgan fingerprint density at radius 1 is 1.50 bits per heavy atom. The predicted molar refractivity (Wildman–Crippen MR) is 76.5 cm³/mol. The number of nitrogens with two attached hydrogens (primary N) is 1. The number of hydrogen-bond donors (Lipinski definition) is 1. The lowest BCUT2D eigenvalue weighted by atomic mass is 10.0. The lowest BCUT2D eigenvalue weighted by molar-refractivity contribution is -0.119. The van der Waals surface area contributed by atoms with E-state index in [4.69, 9.17) is 5.73 Å². The first kappa shape index (κ1) is 15.4. The minimum atomic E-state index is -0.350. The summed E-state index contributed by atoms with van der Waals surface area (Å²) in [6.07, 6.45) is 3.20. The summed E-state index contributed by atoms with van der Waals surface area (Å²) in [6.45, 7) is 6.81. The van der Waals surface area contributed by atoms with Crippen LogP contribution in [0.5, 0.6) is 0 Å². The molecule has 0 aliphatic rings. The second kappa shape index (κ2) is 7.04. The normalized spacial score (nSPS) is 12.7. The van der Waals surface area contributed by atoms with Crippen LogP contribution in [-0.4, -0.2) is 21.6 Å². The third-order valence-corrected chi connectivity index (χ3v) is 4.11. The molecule has 2 N–H and O–H groups in total. The fourth-order valence-electron chi connectivity index (χ4n) is 1.92. The number of aryl methyl sites for hydroxylation is 2. The van der Waals surface area contributed by atoms with Crippen LogP contribution in [0.1, 0.15) is 44.5 Å². The number of Topliss-reactive ketones (excluding diaryl/α,β-unsaturated/α-hetero) is 1. The van der Waals surface area contributed by atoms with Gasteiger partial charge in [-0.25, -0.2) is 0 Å². The summed E-state index contributed by atoms with van der Waals surface area (Å²) >= 11 is 3.50. The average molecular weight is 316 g/mol. The number of ketones is 1. The molecular weight excluding hydrogens is 294 g/mol. The first-order valence-electron chi connectivity index (χ1n) is 6.51. The summed E-state index contributed by atoms with van der Waals surface area (Å²) in [4.78, 5) is 12.1. The molecule has 18 heavy (non-hydrogen) atoms. The zero-order chi connectivity index (χ0) is 13.7. The van der Waals surface area contributed by atoms with Gasteiger partial charge in [-0.05, 0) is 36.2 Å². The highest BCUT2D eigenvalue weighted by Crippen LogP contribution is 2.22. The van der Waals surface area contributed by atoms with Crippen LogP contribution in [0.3, 0.4) is 0 Å². The number of carbonyl (C=O) groups is 1. The maximum atomic E-state index is 12.1. The van der Waals surface area contributed by atoms with Crippen molar-refractivity contribution in [3.8, 4) is 0 Å². The molecule has 1 unspecified atom stereocenters. The van der Waals surface area contributed by atoms with Crippen molar-refractivity contribution >= 4 is 21.7 Å². The first-order chi connectivity index (χ1) is 8.51. The van der Waals surface area contributed by atoms with E-state index in [-0.39, 0.29) is 11.8 Å². The lowest BCUT2D eigenvalue weighted by Gasteiger charge is -2.11. The molecular formula is C13H22BrN3O. The molecule has 1 aromatic heterocycles. The molecule has 102 valence electrons. The number of halogens is 1. The van der Waals surface area contributed by atoms with Gasteiger partial charge in [0.15, 0.2) is 5.78 Å². The molecule has 1 heterocycles. The molecule has 1 aromatic rings. The maximum Gasteiger partial charge on any atom is 0.155 e. The van der Waals surface area contributed by atoms with E-state index in [1.807, 2.05) is 18.5 Å². The largest absolute Gasteiger partial charge is 0.321 e. The minimum absolute atomic E-state index is 0.0961. The maximum absolute atomic E-state index is 12.1. The molecule has 0 saturated carbocycles. The average Bonchev–Trinajstić information content (AvgIpc) is 2.63. The smallest absolute Gasteiger partial charge is 0.155 e. The van der Waals surface area contributed by atoms with E-state index in [1.165, 1.54) is 0 Å². The van der Waals surface area contributed by atoms with Crippen molar-refractivity contribution in [1.29, 1.82) is 0 Å². The van der Waals surface area contributed by atoms with Crippen LogP contribution >= 0.6 is 15.9 Å². The van der Waals surface area contributed by atoms with Crippen molar-refractivity contribution in [3.05, 3.63) is 15.9 Å². The summed E-state index contributed by atoms with van der Waals surface area (Å²) in [6, 6.07) is -0.350. The Morgan fingerprint density at radius 3 is 2.72 bits per heavy atom. The fourth-order valence-corrected chi connectivity index (χ4v) is 2.34. The summed E-state index contributed by atoms with van der Waals surface area (Å²) < 4.78 is 2.80. The monoisotopic (exact) mass is 315 g/mol. The topological polar surface area (TPSA) is 60.9 Å². The lowest BCUT2D eigenvalue weighted by Crippen LogP contribution is -2.32. The van der Waals surface area contributed by atoms with Crippen LogP contribution < -0.4 is 5.73 Å². The standard InChI is InChI=1S/C13H22BrN3O/c1-4-6-7-10(15)12(18)8-11-13(14)9(3)16-17(11)5-2/h10H,4-8,15H2,1-3H3. The third kappa shape index (κ3) is 3.65. The second-order valence-corrected chi connectivity index (χ2v) is 5.35. The van der Waals surface area contributed by atoms with Crippen LogP contribution in [0, 0.1) is 6.92 Å². The number of hydrogen-bond acceptors (Lipinski definition) is 3. The highest BCUT2D eigenvalue weighted by atomic mass is 79.9. The van der Waals surface area contributed by atoms with Gasteiger partial charge in [-0.2, -0.15) is 5.10 Å². The molecule has 0 bridgehead atoms. The van der Waals surface area contributed by atoms with E-state index in [1.54, 1.807) is 0 Å². The van der Waals surface area contributed by atoms with Crippen molar-refractivity contribution in [2.24, 2.45) is 5.73 Å². The van der Waals surface area contributed by atoms with Gasteiger partial charge in [0.25, 0.3) is 0 Å². The quantitative estimate of drug-likeness (QED) is 0.841. The minimum Gasteiger partial charge on any atom is -0.321 e. The molecule has 0 aliphatic carbocycles. The van der Waals surface area contributed by atoms with Crippen LogP contribution in [-0.2, 0) is 17.8 Å². The third-order valence-electron chi connectivity index (χ3n) is 3.08. The van der Waals surface area contributed by atoms with E-state index in [9.17, 15) is 4.79 Å². The number of aromatic nitrogens is 2. The Morgan fingerprint density at radius 2 is 2.17 bits per heavy atom. The molecule has 0 saturated heterocycles. The van der Waals surface area contributed by atoms with E-state index in [2.05, 4.69) is 28.0 Å². The van der Waals surface area contributed by atoms with Crippen molar-refractivity contribution in [2.45, 2.75) is 59.0 Å². The fraction of sp³-hybridized carbons (Fsp3) is 0.692. The van der Waals surface area contributed by atoms with Gasteiger partial charge in [0.1, 0.15) is 0 Å². The van der Waals surface area contributed by atoms with Crippen molar-refractivity contribution in [3.63, 3.8) is 0 Å². The first-order valence-corrected chi connectivity index (χ1v) is 7.30. The van der Waals surface area contributed by atoms with Gasteiger partial charge < -0.3 is 5.73 Å². The van der Waals surface area contributed by atoms with Gasteiger partial charge in [-0.15, -0.1) is 0 Å². The van der Waals surface area contributed by atoms with E-state index < -0.39 is 0 Å². The molecule has 0 aromatic carbocycles. The number of carbonyl (C=O) groups excluding carboxylic acids is 1. The van der Waals surface area contributed by atoms with Crippen LogP contribution in [0.15, 0.2) is 4.47 Å². The Labute approximate surface area is 117 Å². The SMILES string of the molecule is CCCCC(N)C(=O)Cc1c(Br)c(C)nn1CC. The highest BCUT2D eigenvalue weighted by Gasteiger charge is 2.19.